The van der Waals surface area contributed by atoms with Crippen LogP contribution in [-0.4, -0.2) is 4.57 Å². The smallest absolute Gasteiger partial charge is 0.0544 e. The maximum atomic E-state index is 2.52. The lowest BCUT2D eigenvalue weighted by molar-refractivity contribution is 0.659. The Morgan fingerprint density at radius 3 is 1.70 bits per heavy atom. The summed E-state index contributed by atoms with van der Waals surface area (Å²) in [6, 6.07) is 45.9. The first-order chi connectivity index (χ1) is 21.2. The fourth-order valence-corrected chi connectivity index (χ4v) is 8.25. The Labute approximate surface area is 259 Å². The van der Waals surface area contributed by atoms with Crippen LogP contribution in [-0.2, 0) is 10.8 Å². The summed E-state index contributed by atoms with van der Waals surface area (Å²) < 4.78 is 2.52. The molecule has 0 atom stereocenters. The lowest BCUT2D eigenvalue weighted by Gasteiger charge is -2.23. The predicted molar refractivity (Wildman–Crippen MR) is 186 cm³/mol. The van der Waals surface area contributed by atoms with Crippen molar-refractivity contribution in [3.05, 3.63) is 149 Å². The van der Waals surface area contributed by atoms with Crippen molar-refractivity contribution in [2.24, 2.45) is 0 Å². The maximum Gasteiger partial charge on any atom is 0.0544 e. The van der Waals surface area contributed by atoms with Gasteiger partial charge in [0.1, 0.15) is 0 Å². The predicted octanol–water partition coefficient (Wildman–Crippen LogP) is 11.4. The molecule has 6 aromatic carbocycles. The van der Waals surface area contributed by atoms with Gasteiger partial charge >= 0.3 is 0 Å². The van der Waals surface area contributed by atoms with Crippen LogP contribution in [0, 0.1) is 6.92 Å². The van der Waals surface area contributed by atoms with Gasteiger partial charge in [0.05, 0.1) is 11.0 Å². The summed E-state index contributed by atoms with van der Waals surface area (Å²) in [6.45, 7) is 11.6. The molecule has 9 rings (SSSR count). The van der Waals surface area contributed by atoms with E-state index in [1.807, 2.05) is 0 Å². The molecule has 0 unspecified atom stereocenters. The van der Waals surface area contributed by atoms with E-state index in [4.69, 9.17) is 0 Å². The van der Waals surface area contributed by atoms with Gasteiger partial charge in [0, 0.05) is 27.3 Å². The molecule has 0 saturated heterocycles. The molecule has 212 valence electrons. The summed E-state index contributed by atoms with van der Waals surface area (Å²) >= 11 is 0. The van der Waals surface area contributed by atoms with Crippen molar-refractivity contribution < 1.29 is 0 Å². The molecule has 2 aliphatic rings. The van der Waals surface area contributed by atoms with Gasteiger partial charge < -0.3 is 4.57 Å². The van der Waals surface area contributed by atoms with Crippen molar-refractivity contribution in [3.63, 3.8) is 0 Å². The number of aromatic nitrogens is 1. The van der Waals surface area contributed by atoms with Crippen LogP contribution >= 0.6 is 0 Å². The van der Waals surface area contributed by atoms with Crippen LogP contribution in [0.4, 0.5) is 0 Å². The highest BCUT2D eigenvalue weighted by Gasteiger charge is 2.37. The molecule has 2 aliphatic carbocycles. The van der Waals surface area contributed by atoms with E-state index in [-0.39, 0.29) is 10.8 Å². The minimum Gasteiger partial charge on any atom is -0.309 e. The average Bonchev–Trinajstić information content (AvgIpc) is 3.57. The summed E-state index contributed by atoms with van der Waals surface area (Å²) in [7, 11) is 0. The molecule has 0 saturated carbocycles. The van der Waals surface area contributed by atoms with Gasteiger partial charge in [0.2, 0.25) is 0 Å². The van der Waals surface area contributed by atoms with E-state index in [0.29, 0.717) is 0 Å². The number of fused-ring (bicyclic) bond motifs is 9. The largest absolute Gasteiger partial charge is 0.309 e. The Kier molecular flexibility index (Phi) is 5.01. The van der Waals surface area contributed by atoms with E-state index in [1.54, 1.807) is 0 Å². The summed E-state index contributed by atoms with van der Waals surface area (Å²) in [4.78, 5) is 0. The number of hydrogen-bond donors (Lipinski definition) is 0. The van der Waals surface area contributed by atoms with Gasteiger partial charge in [0.25, 0.3) is 0 Å². The molecular weight excluding hydrogens is 530 g/mol. The van der Waals surface area contributed by atoms with Gasteiger partial charge in [-0.1, -0.05) is 118 Å². The highest BCUT2D eigenvalue weighted by Crippen LogP contribution is 2.52. The Balaban J connectivity index is 1.35. The third-order valence-corrected chi connectivity index (χ3v) is 10.7. The van der Waals surface area contributed by atoms with Crippen molar-refractivity contribution in [3.8, 4) is 39.1 Å². The summed E-state index contributed by atoms with van der Waals surface area (Å²) in [5.41, 5.74) is 18.5. The molecule has 7 aromatic rings. The van der Waals surface area contributed by atoms with Gasteiger partial charge in [-0.15, -0.1) is 0 Å². The quantitative estimate of drug-likeness (QED) is 0.196. The molecule has 1 heterocycles. The SMILES string of the molecule is Cc1ccc(-c2ccc3c(c2)c2cc4c(cc2n3-c2ccc3c(c2)C(C)(C)c2ccccc2-3)C(C)(C)c2ccccc2-4)cc1. The van der Waals surface area contributed by atoms with Crippen molar-refractivity contribution in [1.82, 2.24) is 4.57 Å². The van der Waals surface area contributed by atoms with Gasteiger partial charge in [-0.05, 0) is 99.0 Å². The first-order valence-corrected chi connectivity index (χ1v) is 15.8. The van der Waals surface area contributed by atoms with Crippen LogP contribution in [0.25, 0.3) is 60.9 Å². The standard InChI is InChI=1S/C43H35N/c1-26-14-16-27(17-15-26)28-18-21-40-34(22-28)35-24-33-31-11-7-9-13-37(31)43(4,5)39(33)25-41(35)44(40)29-19-20-32-30-10-6-8-12-36(30)42(2,3)38(32)23-29/h6-25H,1-5H3. The van der Waals surface area contributed by atoms with Crippen molar-refractivity contribution >= 4 is 21.8 Å². The summed E-state index contributed by atoms with van der Waals surface area (Å²) in [5.74, 6) is 0. The van der Waals surface area contributed by atoms with Crippen molar-refractivity contribution in [1.29, 1.82) is 0 Å². The van der Waals surface area contributed by atoms with Gasteiger partial charge in [-0.25, -0.2) is 0 Å². The molecule has 0 radical (unpaired) electrons. The van der Waals surface area contributed by atoms with E-state index in [1.165, 1.54) is 88.7 Å². The van der Waals surface area contributed by atoms with E-state index in [9.17, 15) is 0 Å². The topological polar surface area (TPSA) is 4.93 Å². The number of rotatable bonds is 2. The third-order valence-electron chi connectivity index (χ3n) is 10.7. The monoisotopic (exact) mass is 565 g/mol. The Bertz CT molecular complexity index is 2330. The molecule has 1 aromatic heterocycles. The second-order valence-electron chi connectivity index (χ2n) is 13.9. The van der Waals surface area contributed by atoms with Crippen LogP contribution in [0.15, 0.2) is 121 Å². The van der Waals surface area contributed by atoms with Crippen molar-refractivity contribution in [2.45, 2.75) is 45.4 Å². The first-order valence-electron chi connectivity index (χ1n) is 15.8. The number of benzene rings is 6. The molecule has 0 aliphatic heterocycles. The highest BCUT2D eigenvalue weighted by molar-refractivity contribution is 6.12. The Morgan fingerprint density at radius 2 is 1.00 bits per heavy atom. The number of nitrogens with zero attached hydrogens (tertiary/aromatic N) is 1. The zero-order chi connectivity index (χ0) is 30.0. The fourth-order valence-electron chi connectivity index (χ4n) is 8.25. The van der Waals surface area contributed by atoms with E-state index in [0.717, 1.165) is 0 Å². The van der Waals surface area contributed by atoms with Crippen LogP contribution in [0.2, 0.25) is 0 Å². The molecule has 0 spiro atoms. The molecule has 1 nitrogen and oxygen atoms in total. The van der Waals surface area contributed by atoms with Crippen LogP contribution in [0.5, 0.6) is 0 Å². The Morgan fingerprint density at radius 1 is 0.432 bits per heavy atom. The van der Waals surface area contributed by atoms with Crippen LogP contribution in [0.1, 0.15) is 55.5 Å². The third kappa shape index (κ3) is 3.30. The molecule has 0 N–H and O–H groups in total. The molecule has 0 bridgehead atoms. The molecule has 44 heavy (non-hydrogen) atoms. The highest BCUT2D eigenvalue weighted by atomic mass is 15.0. The van der Waals surface area contributed by atoms with Crippen LogP contribution < -0.4 is 0 Å². The minimum absolute atomic E-state index is 0.0514. The van der Waals surface area contributed by atoms with Gasteiger partial charge in [-0.3, -0.25) is 0 Å². The lowest BCUT2D eigenvalue weighted by atomic mass is 9.82. The zero-order valence-corrected chi connectivity index (χ0v) is 26.0. The second kappa shape index (κ2) is 8.61. The second-order valence-corrected chi connectivity index (χ2v) is 13.9. The number of aryl methyl sites for hydroxylation is 1. The summed E-state index contributed by atoms with van der Waals surface area (Å²) in [5, 5.41) is 2.61. The maximum absolute atomic E-state index is 2.52. The van der Waals surface area contributed by atoms with Crippen LogP contribution in [0.3, 0.4) is 0 Å². The number of hydrogen-bond acceptors (Lipinski definition) is 0. The molecule has 0 fully saturated rings. The van der Waals surface area contributed by atoms with Gasteiger partial charge in [0.15, 0.2) is 0 Å². The molecular formula is C43H35N. The lowest BCUT2D eigenvalue weighted by Crippen LogP contribution is -2.15. The molecule has 1 heteroatoms. The normalized spacial score (nSPS) is 15.3. The minimum atomic E-state index is -0.0595. The van der Waals surface area contributed by atoms with Gasteiger partial charge in [-0.2, -0.15) is 0 Å². The van der Waals surface area contributed by atoms with E-state index in [2.05, 4.69) is 161 Å². The van der Waals surface area contributed by atoms with E-state index < -0.39 is 0 Å². The van der Waals surface area contributed by atoms with E-state index >= 15 is 0 Å². The Hall–Kier alpha value is -4.88. The molecule has 0 amide bonds. The zero-order valence-electron chi connectivity index (χ0n) is 26.0. The fraction of sp³-hybridized carbons (Fsp3) is 0.163. The average molecular weight is 566 g/mol. The van der Waals surface area contributed by atoms with Crippen molar-refractivity contribution in [2.75, 3.05) is 0 Å². The summed E-state index contributed by atoms with van der Waals surface area (Å²) in [6.07, 6.45) is 0. The first kappa shape index (κ1) is 25.6.